The van der Waals surface area contributed by atoms with Crippen molar-refractivity contribution in [3.8, 4) is 17.2 Å². The second-order valence-corrected chi connectivity index (χ2v) is 7.51. The van der Waals surface area contributed by atoms with E-state index in [9.17, 15) is 4.79 Å². The first-order chi connectivity index (χ1) is 12.4. The Morgan fingerprint density at radius 1 is 1.15 bits per heavy atom. The molecule has 0 saturated heterocycles. The van der Waals surface area contributed by atoms with Gasteiger partial charge in [0.2, 0.25) is 0 Å². The van der Waals surface area contributed by atoms with E-state index in [4.69, 9.17) is 14.2 Å². The van der Waals surface area contributed by atoms with Crippen molar-refractivity contribution < 1.29 is 19.0 Å². The number of hydrogen-bond donors (Lipinski definition) is 1. The SMILES string of the molecule is COc1cc(I)c(C(=O)NC2CCOc3c(C)cc(C)cc32)cc1OC. The van der Waals surface area contributed by atoms with E-state index >= 15 is 0 Å². The first-order valence-corrected chi connectivity index (χ1v) is 9.48. The van der Waals surface area contributed by atoms with Crippen LogP contribution >= 0.6 is 22.6 Å². The average Bonchev–Trinajstić information content (AvgIpc) is 2.61. The summed E-state index contributed by atoms with van der Waals surface area (Å²) in [6.07, 6.45) is 0.742. The number of hydrogen-bond acceptors (Lipinski definition) is 4. The number of benzene rings is 2. The fourth-order valence-electron chi connectivity index (χ4n) is 3.29. The molecule has 1 N–H and O–H groups in total. The topological polar surface area (TPSA) is 56.8 Å². The summed E-state index contributed by atoms with van der Waals surface area (Å²) in [7, 11) is 3.14. The summed E-state index contributed by atoms with van der Waals surface area (Å²) in [5, 5.41) is 3.16. The largest absolute Gasteiger partial charge is 0.493 e. The molecule has 26 heavy (non-hydrogen) atoms. The highest BCUT2D eigenvalue weighted by atomic mass is 127. The molecule has 0 radical (unpaired) electrons. The van der Waals surface area contributed by atoms with E-state index in [0.717, 1.165) is 32.4 Å². The normalized spacial score (nSPS) is 15.7. The molecule has 1 amide bonds. The molecule has 2 aromatic rings. The molecule has 1 heterocycles. The number of nitrogens with one attached hydrogen (secondary N) is 1. The number of aryl methyl sites for hydroxylation is 2. The molecule has 0 aliphatic carbocycles. The zero-order valence-electron chi connectivity index (χ0n) is 15.3. The quantitative estimate of drug-likeness (QED) is 0.686. The zero-order valence-corrected chi connectivity index (χ0v) is 17.5. The molecule has 5 nitrogen and oxygen atoms in total. The van der Waals surface area contributed by atoms with Crippen molar-refractivity contribution in [1.82, 2.24) is 5.32 Å². The number of halogens is 1. The minimum atomic E-state index is -0.132. The smallest absolute Gasteiger partial charge is 0.252 e. The molecule has 0 fully saturated rings. The number of fused-ring (bicyclic) bond motifs is 1. The first-order valence-electron chi connectivity index (χ1n) is 8.41. The van der Waals surface area contributed by atoms with Gasteiger partial charge in [-0.2, -0.15) is 0 Å². The second kappa shape index (κ2) is 7.73. The molecule has 0 saturated carbocycles. The van der Waals surface area contributed by atoms with Gasteiger partial charge in [0.05, 0.1) is 32.4 Å². The molecule has 0 bridgehead atoms. The molecular weight excluding hydrogens is 445 g/mol. The maximum atomic E-state index is 12.9. The molecule has 0 spiro atoms. The first kappa shape index (κ1) is 18.8. The van der Waals surface area contributed by atoms with Gasteiger partial charge in [-0.3, -0.25) is 4.79 Å². The Bertz CT molecular complexity index is 850. The molecule has 6 heteroatoms. The molecule has 2 aromatic carbocycles. The van der Waals surface area contributed by atoms with E-state index in [-0.39, 0.29) is 11.9 Å². The van der Waals surface area contributed by atoms with E-state index in [1.807, 2.05) is 6.92 Å². The Balaban J connectivity index is 1.91. The fourth-order valence-corrected chi connectivity index (χ4v) is 3.98. The Hall–Kier alpha value is -1.96. The molecule has 0 aromatic heterocycles. The van der Waals surface area contributed by atoms with Crippen molar-refractivity contribution in [2.75, 3.05) is 20.8 Å². The van der Waals surface area contributed by atoms with Crippen molar-refractivity contribution in [3.63, 3.8) is 0 Å². The fraction of sp³-hybridized carbons (Fsp3) is 0.350. The third-order valence-electron chi connectivity index (χ3n) is 4.50. The van der Waals surface area contributed by atoms with Crippen LogP contribution in [0.5, 0.6) is 17.2 Å². The number of amides is 1. The van der Waals surface area contributed by atoms with Crippen LogP contribution in [0.1, 0.15) is 39.5 Å². The van der Waals surface area contributed by atoms with Gasteiger partial charge in [0.25, 0.3) is 5.91 Å². The van der Waals surface area contributed by atoms with Gasteiger partial charge in [0, 0.05) is 15.6 Å². The van der Waals surface area contributed by atoms with Gasteiger partial charge in [-0.05, 0) is 54.1 Å². The summed E-state index contributed by atoms with van der Waals surface area (Å²) in [5.74, 6) is 1.90. The second-order valence-electron chi connectivity index (χ2n) is 6.35. The van der Waals surface area contributed by atoms with Crippen LogP contribution in [-0.4, -0.2) is 26.7 Å². The van der Waals surface area contributed by atoms with Crippen LogP contribution in [0.25, 0.3) is 0 Å². The Kier molecular flexibility index (Phi) is 5.60. The molecule has 3 rings (SSSR count). The van der Waals surface area contributed by atoms with Crippen LogP contribution in [0, 0.1) is 17.4 Å². The highest BCUT2D eigenvalue weighted by Crippen LogP contribution is 2.36. The van der Waals surface area contributed by atoms with Crippen LogP contribution in [0.15, 0.2) is 24.3 Å². The molecule has 1 unspecified atom stereocenters. The summed E-state index contributed by atoms with van der Waals surface area (Å²) in [5.41, 5.74) is 3.87. The maximum Gasteiger partial charge on any atom is 0.252 e. The van der Waals surface area contributed by atoms with Gasteiger partial charge < -0.3 is 19.5 Å². The van der Waals surface area contributed by atoms with E-state index < -0.39 is 0 Å². The van der Waals surface area contributed by atoms with Crippen LogP contribution in [-0.2, 0) is 0 Å². The minimum absolute atomic E-state index is 0.0752. The number of carbonyl (C=O) groups is 1. The molecule has 1 aliphatic rings. The third kappa shape index (κ3) is 3.60. The minimum Gasteiger partial charge on any atom is -0.493 e. The molecule has 138 valence electrons. The molecule has 1 atom stereocenters. The van der Waals surface area contributed by atoms with Crippen LogP contribution in [0.3, 0.4) is 0 Å². The summed E-state index contributed by atoms with van der Waals surface area (Å²) in [6.45, 7) is 4.68. The van der Waals surface area contributed by atoms with Gasteiger partial charge in [0.1, 0.15) is 5.75 Å². The van der Waals surface area contributed by atoms with Crippen molar-refractivity contribution >= 4 is 28.5 Å². The van der Waals surface area contributed by atoms with Crippen molar-refractivity contribution in [3.05, 3.63) is 50.1 Å². The zero-order chi connectivity index (χ0) is 18.8. The average molecular weight is 467 g/mol. The number of carbonyl (C=O) groups excluding carboxylic acids is 1. The summed E-state index contributed by atoms with van der Waals surface area (Å²) >= 11 is 2.14. The standard InChI is InChI=1S/C20H22INO4/c1-11-7-12(2)19-14(8-11)16(5-6-26-19)22-20(23)13-9-17(24-3)18(25-4)10-15(13)21/h7-10,16H,5-6H2,1-4H3,(H,22,23). The third-order valence-corrected chi connectivity index (χ3v) is 5.39. The van der Waals surface area contributed by atoms with Crippen molar-refractivity contribution in [2.45, 2.75) is 26.3 Å². The van der Waals surface area contributed by atoms with Gasteiger partial charge >= 0.3 is 0 Å². The summed E-state index contributed by atoms with van der Waals surface area (Å²) in [6, 6.07) is 7.64. The van der Waals surface area contributed by atoms with Gasteiger partial charge in [-0.25, -0.2) is 0 Å². The van der Waals surface area contributed by atoms with Gasteiger partial charge in [-0.15, -0.1) is 0 Å². The Morgan fingerprint density at radius 2 is 1.85 bits per heavy atom. The predicted octanol–water partition coefficient (Wildman–Crippen LogP) is 4.18. The van der Waals surface area contributed by atoms with Crippen LogP contribution in [0.4, 0.5) is 0 Å². The summed E-state index contributed by atoms with van der Waals surface area (Å²) in [4.78, 5) is 12.9. The van der Waals surface area contributed by atoms with Gasteiger partial charge in [0.15, 0.2) is 11.5 Å². The van der Waals surface area contributed by atoms with E-state index in [1.54, 1.807) is 26.4 Å². The Morgan fingerprint density at radius 3 is 2.54 bits per heavy atom. The lowest BCUT2D eigenvalue weighted by atomic mass is 9.95. The lowest BCUT2D eigenvalue weighted by Gasteiger charge is -2.28. The number of rotatable bonds is 4. The van der Waals surface area contributed by atoms with E-state index in [1.165, 1.54) is 0 Å². The summed E-state index contributed by atoms with van der Waals surface area (Å²) < 4.78 is 17.3. The molecule has 1 aliphatic heterocycles. The number of methoxy groups -OCH3 is 2. The highest BCUT2D eigenvalue weighted by molar-refractivity contribution is 14.1. The van der Waals surface area contributed by atoms with Gasteiger partial charge in [-0.1, -0.05) is 17.7 Å². The van der Waals surface area contributed by atoms with Crippen LogP contribution < -0.4 is 19.5 Å². The molecular formula is C20H22INO4. The van der Waals surface area contributed by atoms with E-state index in [0.29, 0.717) is 23.7 Å². The van der Waals surface area contributed by atoms with Crippen molar-refractivity contribution in [2.24, 2.45) is 0 Å². The lowest BCUT2D eigenvalue weighted by Crippen LogP contribution is -2.33. The maximum absolute atomic E-state index is 12.9. The monoisotopic (exact) mass is 467 g/mol. The lowest BCUT2D eigenvalue weighted by molar-refractivity contribution is 0.0923. The van der Waals surface area contributed by atoms with E-state index in [2.05, 4.69) is 47.0 Å². The Labute approximate surface area is 167 Å². The van der Waals surface area contributed by atoms with Crippen LogP contribution in [0.2, 0.25) is 0 Å². The highest BCUT2D eigenvalue weighted by Gasteiger charge is 2.26. The number of ether oxygens (including phenoxy) is 3. The van der Waals surface area contributed by atoms with Crippen molar-refractivity contribution in [1.29, 1.82) is 0 Å². The predicted molar refractivity (Wildman–Crippen MR) is 108 cm³/mol.